The molecule has 0 rings (SSSR count). The van der Waals surface area contributed by atoms with E-state index in [1.807, 2.05) is 12.2 Å². The number of hydrogen-bond acceptors (Lipinski definition) is 15. The Hall–Kier alpha value is -6.10. The predicted octanol–water partition coefficient (Wildman–Crippen LogP) is 23.3. The monoisotopic (exact) mass is 1520 g/mol. The molecular formula is C87H138O17P2. The van der Waals surface area contributed by atoms with Crippen molar-refractivity contribution >= 4 is 39.5 Å². The van der Waals surface area contributed by atoms with Crippen LogP contribution in [0.4, 0.5) is 0 Å². The summed E-state index contributed by atoms with van der Waals surface area (Å²) >= 11 is 0. The minimum atomic E-state index is -5.02. The molecule has 17 nitrogen and oxygen atoms in total. The van der Waals surface area contributed by atoms with Crippen molar-refractivity contribution in [2.45, 2.75) is 290 Å². The Bertz CT molecular complexity index is 2780. The molecule has 0 radical (unpaired) electrons. The molecule has 5 atom stereocenters. The maximum atomic E-state index is 13.1. The third kappa shape index (κ3) is 76.1. The molecule has 0 heterocycles. The molecule has 0 aromatic carbocycles. The lowest BCUT2D eigenvalue weighted by molar-refractivity contribution is -0.161. The van der Waals surface area contributed by atoms with Gasteiger partial charge in [-0.15, -0.1) is 0 Å². The van der Waals surface area contributed by atoms with Gasteiger partial charge >= 0.3 is 39.5 Å². The Morgan fingerprint density at radius 1 is 0.274 bits per heavy atom. The lowest BCUT2D eigenvalue weighted by atomic mass is 10.1. The van der Waals surface area contributed by atoms with Crippen LogP contribution in [0.1, 0.15) is 272 Å². The molecule has 0 saturated heterocycles. The largest absolute Gasteiger partial charge is 0.472 e. The highest BCUT2D eigenvalue weighted by molar-refractivity contribution is 7.47. The van der Waals surface area contributed by atoms with Crippen LogP contribution in [0.25, 0.3) is 0 Å². The number of aliphatic hydroxyl groups excluding tert-OH is 1. The van der Waals surface area contributed by atoms with Gasteiger partial charge in [0, 0.05) is 19.3 Å². The van der Waals surface area contributed by atoms with Gasteiger partial charge in [0.05, 0.1) is 32.8 Å². The van der Waals surface area contributed by atoms with E-state index < -0.39 is 97.5 Å². The van der Waals surface area contributed by atoms with Crippen molar-refractivity contribution in [3.05, 3.63) is 194 Å². The summed E-state index contributed by atoms with van der Waals surface area (Å²) in [5.74, 6) is -2.42. The fourth-order valence-electron chi connectivity index (χ4n) is 9.70. The molecule has 0 saturated carbocycles. The Kier molecular flexibility index (Phi) is 72.6. The van der Waals surface area contributed by atoms with Gasteiger partial charge in [0.1, 0.15) is 19.3 Å². The number of esters is 4. The Balaban J connectivity index is 5.49. The van der Waals surface area contributed by atoms with Crippen molar-refractivity contribution in [2.24, 2.45) is 0 Å². The third-order valence-electron chi connectivity index (χ3n) is 15.6. The van der Waals surface area contributed by atoms with Crippen LogP contribution in [0.3, 0.4) is 0 Å². The number of carbonyl (C=O) groups is 4. The van der Waals surface area contributed by atoms with E-state index in [-0.39, 0.29) is 25.7 Å². The molecule has 0 aromatic heterocycles. The molecule has 0 aliphatic carbocycles. The molecule has 0 amide bonds. The van der Waals surface area contributed by atoms with Crippen LogP contribution in [-0.2, 0) is 65.4 Å². The first-order valence-electron chi connectivity index (χ1n) is 39.7. The molecule has 0 aliphatic heterocycles. The minimum Gasteiger partial charge on any atom is -0.462 e. The molecule has 3 N–H and O–H groups in total. The van der Waals surface area contributed by atoms with Crippen molar-refractivity contribution in [1.82, 2.24) is 0 Å². The van der Waals surface area contributed by atoms with Crippen molar-refractivity contribution in [2.75, 3.05) is 39.6 Å². The number of unbranched alkanes of at least 4 members (excludes halogenated alkanes) is 15. The molecular weight excluding hydrogens is 1380 g/mol. The van der Waals surface area contributed by atoms with Crippen LogP contribution in [0, 0.1) is 0 Å². The van der Waals surface area contributed by atoms with Crippen LogP contribution in [0.2, 0.25) is 0 Å². The summed E-state index contributed by atoms with van der Waals surface area (Å²) < 4.78 is 68.4. The van der Waals surface area contributed by atoms with Gasteiger partial charge in [-0.1, -0.05) is 280 Å². The molecule has 0 fully saturated rings. The second kappa shape index (κ2) is 77.1. The SMILES string of the molecule is CC/C=C\C/C=C\C/C=C\C/C=C\C/C=C\CC(=O)OC(COC(=O)CCCCCCCCC/C=C\C/C=C\C/C=C\CC)COP(=O)(O)OCC(O)COP(=O)(O)OCC(COC(=O)CCCCCCCC/C=C\C/C=C\C/C=C\C/C=C\CC)OC(=O)CCCC/C=C\C/C=C\C/C=C\C/C=C\CC. The highest BCUT2D eigenvalue weighted by atomic mass is 31.2. The van der Waals surface area contributed by atoms with Gasteiger partial charge in [-0.25, -0.2) is 9.13 Å². The quantitative estimate of drug-likeness (QED) is 0.0169. The number of aliphatic hydroxyl groups is 1. The summed E-state index contributed by atoms with van der Waals surface area (Å²) in [4.78, 5) is 73.0. The van der Waals surface area contributed by atoms with E-state index in [0.29, 0.717) is 32.1 Å². The maximum Gasteiger partial charge on any atom is 0.472 e. The second-order valence-corrected chi connectivity index (χ2v) is 28.4. The van der Waals surface area contributed by atoms with Crippen LogP contribution < -0.4 is 0 Å². The molecule has 0 spiro atoms. The van der Waals surface area contributed by atoms with Crippen LogP contribution in [-0.4, -0.2) is 96.7 Å². The van der Waals surface area contributed by atoms with E-state index in [1.54, 1.807) is 12.2 Å². The van der Waals surface area contributed by atoms with E-state index in [9.17, 15) is 43.2 Å². The average molecular weight is 1520 g/mol. The first-order valence-corrected chi connectivity index (χ1v) is 42.7. The summed E-state index contributed by atoms with van der Waals surface area (Å²) in [5, 5.41) is 10.6. The predicted molar refractivity (Wildman–Crippen MR) is 436 cm³/mol. The summed E-state index contributed by atoms with van der Waals surface area (Å²) in [6.07, 6.45) is 94.5. The molecule has 598 valence electrons. The van der Waals surface area contributed by atoms with Gasteiger partial charge in [-0.05, 0) is 161 Å². The lowest BCUT2D eigenvalue weighted by Gasteiger charge is -2.21. The smallest absolute Gasteiger partial charge is 0.462 e. The number of phosphoric acid groups is 2. The zero-order chi connectivity index (χ0) is 77.4. The summed E-state index contributed by atoms with van der Waals surface area (Å²) in [5.41, 5.74) is 0. The van der Waals surface area contributed by atoms with E-state index >= 15 is 0 Å². The highest BCUT2D eigenvalue weighted by Gasteiger charge is 2.30. The summed E-state index contributed by atoms with van der Waals surface area (Å²) in [6.45, 7) is 4.20. The molecule has 106 heavy (non-hydrogen) atoms. The first-order chi connectivity index (χ1) is 51.7. The van der Waals surface area contributed by atoms with E-state index in [0.717, 1.165) is 186 Å². The van der Waals surface area contributed by atoms with Crippen molar-refractivity contribution in [1.29, 1.82) is 0 Å². The lowest BCUT2D eigenvalue weighted by Crippen LogP contribution is -2.30. The zero-order valence-electron chi connectivity index (χ0n) is 65.3. The third-order valence-corrected chi connectivity index (χ3v) is 17.5. The first kappa shape index (κ1) is 99.9. The van der Waals surface area contributed by atoms with Gasteiger partial charge in [-0.2, -0.15) is 0 Å². The second-order valence-electron chi connectivity index (χ2n) is 25.5. The minimum absolute atomic E-state index is 0.0289. The maximum absolute atomic E-state index is 13.1. The fourth-order valence-corrected chi connectivity index (χ4v) is 11.3. The molecule has 19 heteroatoms. The molecule has 0 aliphatic rings. The van der Waals surface area contributed by atoms with Gasteiger partial charge in [0.15, 0.2) is 12.2 Å². The van der Waals surface area contributed by atoms with Crippen molar-refractivity contribution in [3.63, 3.8) is 0 Å². The summed E-state index contributed by atoms with van der Waals surface area (Å²) in [6, 6.07) is 0. The van der Waals surface area contributed by atoms with Gasteiger partial charge in [-0.3, -0.25) is 37.3 Å². The van der Waals surface area contributed by atoms with Crippen molar-refractivity contribution < 1.29 is 80.2 Å². The van der Waals surface area contributed by atoms with Crippen LogP contribution >= 0.6 is 15.6 Å². The van der Waals surface area contributed by atoms with E-state index in [4.69, 9.17) is 37.0 Å². The Labute approximate surface area is 640 Å². The number of ether oxygens (including phenoxy) is 4. The van der Waals surface area contributed by atoms with Crippen LogP contribution in [0.15, 0.2) is 194 Å². The van der Waals surface area contributed by atoms with E-state index in [1.165, 1.54) is 0 Å². The van der Waals surface area contributed by atoms with Gasteiger partial charge in [0.2, 0.25) is 0 Å². The Morgan fingerprint density at radius 3 is 0.811 bits per heavy atom. The number of allylic oxidation sites excluding steroid dienone is 31. The topological polar surface area (TPSA) is 237 Å². The number of carbonyl (C=O) groups excluding carboxylic acids is 4. The van der Waals surface area contributed by atoms with E-state index in [2.05, 4.69) is 198 Å². The summed E-state index contributed by atoms with van der Waals surface area (Å²) in [7, 11) is -10.0. The molecule has 0 bridgehead atoms. The fraction of sp³-hybridized carbons (Fsp3) is 0.586. The van der Waals surface area contributed by atoms with Crippen molar-refractivity contribution in [3.8, 4) is 0 Å². The van der Waals surface area contributed by atoms with Gasteiger partial charge in [0.25, 0.3) is 0 Å². The number of hydrogen-bond donors (Lipinski definition) is 3. The van der Waals surface area contributed by atoms with Crippen LogP contribution in [0.5, 0.6) is 0 Å². The average Bonchev–Trinajstić information content (AvgIpc) is 0.902. The standard InChI is InChI=1S/C87H138O17P2/c1-5-9-13-17-21-25-29-33-37-39-40-42-46-48-52-56-60-64-68-72-85(90)98-78-83(104-87(92)74-70-66-62-58-54-50-44-36-32-28-24-20-16-12-8-4)80-102-106(95,96)100-76-81(88)75-99-105(93,94)101-79-82(103-86(91)73-69-65-61-57-53-49-43-35-31-27-23-19-15-11-7-3)77-97-84(89)71-67-63-59-55-51-47-45-41-38-34-30-26-22-18-14-10-6-2/h9-16,21-28,33-38,40,42-44,53-54,57-58,65,69,81-83,88H,5-8,17-20,29-32,39,41,45-52,55-56,59-64,66-68,70-80H2,1-4H3,(H,93,94)(H,95,96)/b13-9-,14-10-,15-11-,16-12-,25-21-,26-22-,27-23-,28-24-,37-33-,38-34-,42-40-,43-35-,44-36-,57-53-,58-54-,69-65-. The normalized spacial score (nSPS) is 14.9. The highest BCUT2D eigenvalue weighted by Crippen LogP contribution is 2.45. The zero-order valence-corrected chi connectivity index (χ0v) is 67.1. The Morgan fingerprint density at radius 2 is 0.500 bits per heavy atom. The van der Waals surface area contributed by atoms with Gasteiger partial charge < -0.3 is 33.8 Å². The molecule has 0 aromatic rings. The molecule has 5 unspecified atom stereocenters. The number of phosphoric ester groups is 2. The number of rotatable bonds is 72.